The Balaban J connectivity index is 1.47. The Morgan fingerprint density at radius 1 is 0.867 bits per heavy atom. The van der Waals surface area contributed by atoms with Crippen molar-refractivity contribution in [3.63, 3.8) is 0 Å². The molecule has 1 unspecified atom stereocenters. The molecule has 1 aromatic carbocycles. The molecule has 1 aliphatic carbocycles. The second-order valence-corrected chi connectivity index (χ2v) is 21.7. The van der Waals surface area contributed by atoms with E-state index in [1.807, 2.05) is 82.3 Å². The highest BCUT2D eigenvalue weighted by atomic mass is 16.6. The molecule has 2 saturated heterocycles. The maximum Gasteiger partial charge on any atom is 0.329 e. The van der Waals surface area contributed by atoms with Crippen molar-refractivity contribution >= 4 is 29.2 Å². The van der Waals surface area contributed by atoms with Gasteiger partial charge in [0.1, 0.15) is 42.5 Å². The van der Waals surface area contributed by atoms with Crippen LogP contribution in [0.5, 0.6) is 5.75 Å². The number of carbonyl (C=O) groups is 5. The Labute approximate surface area is 445 Å². The van der Waals surface area contributed by atoms with E-state index >= 15 is 0 Å². The number of hydrogen-bond donors (Lipinski definition) is 3. The van der Waals surface area contributed by atoms with Crippen molar-refractivity contribution in [1.82, 2.24) is 4.90 Å². The molecule has 2 bridgehead atoms. The first-order valence-corrected chi connectivity index (χ1v) is 27.2. The van der Waals surface area contributed by atoms with Crippen LogP contribution in [0.4, 0.5) is 0 Å². The second-order valence-electron chi connectivity index (χ2n) is 21.7. The number of nitrogens with zero attached hydrogens (tertiary/aromatic N) is 1. The molecular weight excluding hydrogens is 963 g/mol. The van der Waals surface area contributed by atoms with Crippen molar-refractivity contribution < 1.29 is 72.5 Å². The number of fused-ring (bicyclic) bond motifs is 3. The van der Waals surface area contributed by atoms with Crippen molar-refractivity contribution in [2.75, 3.05) is 41.1 Å². The van der Waals surface area contributed by atoms with Crippen LogP contribution in [0.1, 0.15) is 131 Å². The standard InChI is InChI=1S/C59H87NO15/c1-37-16-11-10-12-17-38(2)50(73-36-44-18-15-19-46(32-44)72-29-28-69-7)35-47-25-22-42(6)59(68,75-47)56(65)57(66)60-27-14-13-20-48(60)58(67)74-51(40(4)31-43-23-26-49(62)52(33-43)70-8)34-45(61)24-21-39(3)53(63)55(71-9)54(64)41(5)30-37/h10-12,15-19,21,32,37,40-43,47-53,55,62-63,68H,13-14,20,22-31,33-36H2,1-9H3/b12-10+,16-11+,38-17+,39-21+/t37-,40-,41-,42-,43+,47+,48+,49-,50?,51+,52-,53+,55-,59-/m1/s1. The van der Waals surface area contributed by atoms with E-state index in [0.717, 1.165) is 11.1 Å². The van der Waals surface area contributed by atoms with Gasteiger partial charge >= 0.3 is 5.97 Å². The first-order chi connectivity index (χ1) is 35.8. The topological polar surface area (TPSA) is 214 Å². The zero-order valence-electron chi connectivity index (χ0n) is 46.0. The van der Waals surface area contributed by atoms with E-state index in [2.05, 4.69) is 0 Å². The summed E-state index contributed by atoms with van der Waals surface area (Å²) in [6, 6.07) is 6.39. The summed E-state index contributed by atoms with van der Waals surface area (Å²) in [4.78, 5) is 72.3. The van der Waals surface area contributed by atoms with Gasteiger partial charge in [-0.05, 0) is 125 Å². The lowest BCUT2D eigenvalue weighted by Gasteiger charge is -2.43. The normalized spacial score (nSPS) is 35.5. The molecule has 1 aromatic rings. The minimum absolute atomic E-state index is 0.0144. The Morgan fingerprint density at radius 2 is 1.64 bits per heavy atom. The summed E-state index contributed by atoms with van der Waals surface area (Å²) in [6.45, 7) is 12.0. The van der Waals surface area contributed by atoms with Crippen LogP contribution in [0, 0.1) is 29.6 Å². The predicted molar refractivity (Wildman–Crippen MR) is 282 cm³/mol. The molecule has 0 spiro atoms. The van der Waals surface area contributed by atoms with Gasteiger partial charge in [0.25, 0.3) is 11.7 Å². The van der Waals surface area contributed by atoms with E-state index < -0.39 is 77.9 Å². The number of Topliss-reactive ketones (excluding diaryl/α,β-unsaturated/α-hetero) is 3. The molecule has 14 atom stereocenters. The summed E-state index contributed by atoms with van der Waals surface area (Å²) >= 11 is 0. The van der Waals surface area contributed by atoms with Crippen LogP contribution >= 0.6 is 0 Å². The number of aliphatic hydroxyl groups is 3. The highest BCUT2D eigenvalue weighted by Gasteiger charge is 2.53. The molecule has 16 nitrogen and oxygen atoms in total. The van der Waals surface area contributed by atoms with Gasteiger partial charge in [-0.1, -0.05) is 76.3 Å². The minimum Gasteiger partial charge on any atom is -0.491 e. The molecule has 75 heavy (non-hydrogen) atoms. The van der Waals surface area contributed by atoms with Gasteiger partial charge < -0.3 is 53.4 Å². The molecule has 3 N–H and O–H groups in total. The Bertz CT molecular complexity index is 2170. The summed E-state index contributed by atoms with van der Waals surface area (Å²) in [5.41, 5.74) is 2.08. The highest BCUT2D eigenvalue weighted by molar-refractivity contribution is 6.39. The third-order valence-corrected chi connectivity index (χ3v) is 15.8. The molecule has 0 radical (unpaired) electrons. The van der Waals surface area contributed by atoms with Crippen LogP contribution in [0.3, 0.4) is 0 Å². The number of carbonyl (C=O) groups excluding carboxylic acids is 5. The number of piperidine rings is 1. The van der Waals surface area contributed by atoms with Gasteiger partial charge in [0.15, 0.2) is 5.78 Å². The Morgan fingerprint density at radius 3 is 2.37 bits per heavy atom. The molecule has 3 heterocycles. The van der Waals surface area contributed by atoms with E-state index in [-0.39, 0.29) is 74.3 Å². The lowest BCUT2D eigenvalue weighted by atomic mass is 9.78. The van der Waals surface area contributed by atoms with E-state index in [9.17, 15) is 39.3 Å². The fraction of sp³-hybridized carbons (Fsp3) is 0.678. The Hall–Kier alpha value is -4.39. The molecule has 1 saturated carbocycles. The van der Waals surface area contributed by atoms with Gasteiger partial charge in [-0.3, -0.25) is 19.2 Å². The number of cyclic esters (lactones) is 1. The second kappa shape index (κ2) is 29.9. The third kappa shape index (κ3) is 17.6. The average Bonchev–Trinajstić information content (AvgIpc) is 3.39. The lowest BCUT2D eigenvalue weighted by molar-refractivity contribution is -0.266. The maximum absolute atomic E-state index is 14.5. The molecule has 16 heteroatoms. The maximum atomic E-state index is 14.5. The summed E-state index contributed by atoms with van der Waals surface area (Å²) in [7, 11) is 4.55. The summed E-state index contributed by atoms with van der Waals surface area (Å²) in [5.74, 6) is -6.82. The third-order valence-electron chi connectivity index (χ3n) is 15.8. The van der Waals surface area contributed by atoms with Gasteiger partial charge in [-0.25, -0.2) is 4.79 Å². The number of esters is 1. The van der Waals surface area contributed by atoms with Crippen molar-refractivity contribution in [3.05, 3.63) is 77.4 Å². The van der Waals surface area contributed by atoms with E-state index in [1.54, 1.807) is 34.1 Å². The van der Waals surface area contributed by atoms with Crippen LogP contribution < -0.4 is 4.74 Å². The number of amides is 1. The van der Waals surface area contributed by atoms with Gasteiger partial charge in [0, 0.05) is 59.0 Å². The molecule has 5 rings (SSSR count). The number of benzene rings is 1. The fourth-order valence-electron chi connectivity index (χ4n) is 10.9. The summed E-state index contributed by atoms with van der Waals surface area (Å²) < 4.78 is 41.3. The molecule has 0 aromatic heterocycles. The van der Waals surface area contributed by atoms with Crippen molar-refractivity contribution in [1.29, 1.82) is 0 Å². The SMILES string of the molecule is COCCOc1cccc(COC2C[C@@H]3CC[C@@H](C)[C@@](O)(O3)C(=O)C(=O)N3CCCC[C@H]3C(=O)O[C@H]([C@H](C)C[C@@H]3CC[C@@H](O)[C@H](OC)C3)CC(=O)C/C=C(\C)[C@H](O)[C@@H](OC)C(=O)[C@H](C)C[C@H](C)/C=C/C=C/C=C/2C)c1. The van der Waals surface area contributed by atoms with Crippen LogP contribution in [0.2, 0.25) is 0 Å². The zero-order valence-corrected chi connectivity index (χ0v) is 46.0. The van der Waals surface area contributed by atoms with Gasteiger partial charge in [0.2, 0.25) is 5.79 Å². The minimum atomic E-state index is -2.49. The first-order valence-electron chi connectivity index (χ1n) is 27.2. The van der Waals surface area contributed by atoms with Crippen LogP contribution in [0.15, 0.2) is 71.9 Å². The van der Waals surface area contributed by atoms with E-state index in [0.29, 0.717) is 82.3 Å². The van der Waals surface area contributed by atoms with E-state index in [4.69, 9.17) is 33.2 Å². The van der Waals surface area contributed by atoms with Crippen molar-refractivity contribution in [2.24, 2.45) is 29.6 Å². The number of aliphatic hydroxyl groups excluding tert-OH is 2. The fourth-order valence-corrected chi connectivity index (χ4v) is 10.9. The van der Waals surface area contributed by atoms with E-state index in [1.165, 1.54) is 12.0 Å². The quantitative estimate of drug-likeness (QED) is 0.0799. The number of hydrogen-bond acceptors (Lipinski definition) is 15. The number of rotatable bonds is 12. The zero-order chi connectivity index (χ0) is 54.8. The van der Waals surface area contributed by atoms with Crippen LogP contribution in [-0.2, 0) is 59.0 Å². The molecule has 1 amide bonds. The number of ketones is 3. The molecule has 4 aliphatic rings. The van der Waals surface area contributed by atoms with Crippen LogP contribution in [0.25, 0.3) is 0 Å². The predicted octanol–water partition coefficient (Wildman–Crippen LogP) is 7.53. The highest BCUT2D eigenvalue weighted by Crippen LogP contribution is 2.38. The smallest absolute Gasteiger partial charge is 0.329 e. The molecular formula is C59H87NO15. The summed E-state index contributed by atoms with van der Waals surface area (Å²) in [6.07, 6.45) is 10.5. The van der Waals surface area contributed by atoms with Gasteiger partial charge in [0.05, 0.1) is 37.6 Å². The van der Waals surface area contributed by atoms with Gasteiger partial charge in [-0.15, -0.1) is 0 Å². The number of ether oxygens (including phenoxy) is 7. The van der Waals surface area contributed by atoms with Crippen molar-refractivity contribution in [2.45, 2.75) is 186 Å². The lowest BCUT2D eigenvalue weighted by Crippen LogP contribution is -2.61. The average molecular weight is 1050 g/mol. The molecule has 3 fully saturated rings. The first kappa shape index (κ1) is 61.5. The molecule has 3 aliphatic heterocycles. The number of methoxy groups -OCH3 is 3. The number of allylic oxidation sites excluding steroid dienone is 6. The Kier molecular flexibility index (Phi) is 24.5. The van der Waals surface area contributed by atoms with Crippen molar-refractivity contribution in [3.8, 4) is 5.75 Å². The largest absolute Gasteiger partial charge is 0.491 e. The molecule has 418 valence electrons. The monoisotopic (exact) mass is 1050 g/mol. The summed E-state index contributed by atoms with van der Waals surface area (Å²) in [5, 5.41) is 34.2. The van der Waals surface area contributed by atoms with Crippen LogP contribution in [-0.4, -0.2) is 145 Å². The van der Waals surface area contributed by atoms with Gasteiger partial charge in [-0.2, -0.15) is 0 Å².